The van der Waals surface area contributed by atoms with Gasteiger partial charge in [-0.15, -0.1) is 0 Å². The molecule has 0 aromatic heterocycles. The van der Waals surface area contributed by atoms with Gasteiger partial charge in [-0.2, -0.15) is 0 Å². The van der Waals surface area contributed by atoms with E-state index in [1.807, 2.05) is 24.3 Å². The van der Waals surface area contributed by atoms with Crippen molar-refractivity contribution >= 4 is 0 Å². The smallest absolute Gasteiger partial charge is 0.120 e. The van der Waals surface area contributed by atoms with Crippen LogP contribution in [0.3, 0.4) is 0 Å². The highest BCUT2D eigenvalue weighted by Crippen LogP contribution is 2.18. The number of ether oxygens (including phenoxy) is 2. The Balaban J connectivity index is 1.95. The molecular formula is C14H14O3. The van der Waals surface area contributed by atoms with Gasteiger partial charge in [-0.1, -0.05) is 12.1 Å². The van der Waals surface area contributed by atoms with E-state index < -0.39 is 0 Å². The first kappa shape index (κ1) is 11.3. The molecule has 0 aliphatic carbocycles. The first-order valence-corrected chi connectivity index (χ1v) is 5.33. The van der Waals surface area contributed by atoms with Gasteiger partial charge >= 0.3 is 0 Å². The van der Waals surface area contributed by atoms with E-state index in [1.165, 1.54) is 0 Å². The molecule has 2 aromatic rings. The number of benzene rings is 2. The van der Waals surface area contributed by atoms with Crippen LogP contribution in [-0.2, 0) is 6.61 Å². The van der Waals surface area contributed by atoms with Crippen LogP contribution in [0.4, 0.5) is 0 Å². The van der Waals surface area contributed by atoms with Gasteiger partial charge in [0.2, 0.25) is 0 Å². The molecule has 0 bridgehead atoms. The Kier molecular flexibility index (Phi) is 3.50. The van der Waals surface area contributed by atoms with Crippen LogP contribution in [0.5, 0.6) is 17.2 Å². The Bertz CT molecular complexity index is 460. The van der Waals surface area contributed by atoms with Gasteiger partial charge in [0.05, 0.1) is 7.11 Å². The number of aromatic hydroxyl groups is 1. The van der Waals surface area contributed by atoms with E-state index >= 15 is 0 Å². The summed E-state index contributed by atoms with van der Waals surface area (Å²) in [5, 5.41) is 9.13. The number of methoxy groups -OCH3 is 1. The van der Waals surface area contributed by atoms with E-state index in [0.717, 1.165) is 17.1 Å². The minimum absolute atomic E-state index is 0.238. The summed E-state index contributed by atoms with van der Waals surface area (Å²) < 4.78 is 10.6. The molecule has 2 rings (SSSR count). The summed E-state index contributed by atoms with van der Waals surface area (Å²) in [6, 6.07) is 14.4. The number of rotatable bonds is 4. The van der Waals surface area contributed by atoms with Crippen molar-refractivity contribution in [2.24, 2.45) is 0 Å². The molecule has 0 spiro atoms. The SMILES string of the molecule is COc1ccc(COc2ccc(O)cc2)cc1. The average molecular weight is 230 g/mol. The highest BCUT2D eigenvalue weighted by Gasteiger charge is 1.97. The fourth-order valence-electron chi connectivity index (χ4n) is 1.43. The zero-order valence-electron chi connectivity index (χ0n) is 9.59. The second-order valence-electron chi connectivity index (χ2n) is 3.63. The maximum absolute atomic E-state index is 9.13. The molecular weight excluding hydrogens is 216 g/mol. The number of hydrogen-bond donors (Lipinski definition) is 1. The van der Waals surface area contributed by atoms with Gasteiger partial charge in [-0.05, 0) is 42.0 Å². The number of phenolic OH excluding ortho intramolecular Hbond substituents is 1. The Morgan fingerprint density at radius 1 is 0.882 bits per heavy atom. The highest BCUT2D eigenvalue weighted by molar-refractivity contribution is 5.31. The summed E-state index contributed by atoms with van der Waals surface area (Å²) in [5.41, 5.74) is 1.07. The van der Waals surface area contributed by atoms with Crippen LogP contribution in [0.25, 0.3) is 0 Å². The monoisotopic (exact) mass is 230 g/mol. The predicted molar refractivity (Wildman–Crippen MR) is 65.4 cm³/mol. The largest absolute Gasteiger partial charge is 0.508 e. The Labute approximate surface area is 100 Å². The van der Waals surface area contributed by atoms with Gasteiger partial charge in [0, 0.05) is 0 Å². The van der Waals surface area contributed by atoms with Crippen molar-refractivity contribution in [1.82, 2.24) is 0 Å². The first-order valence-electron chi connectivity index (χ1n) is 5.33. The van der Waals surface area contributed by atoms with E-state index in [9.17, 15) is 0 Å². The maximum atomic E-state index is 9.13. The van der Waals surface area contributed by atoms with Crippen molar-refractivity contribution < 1.29 is 14.6 Å². The fraction of sp³-hybridized carbons (Fsp3) is 0.143. The molecule has 1 N–H and O–H groups in total. The quantitative estimate of drug-likeness (QED) is 0.877. The lowest BCUT2D eigenvalue weighted by atomic mass is 10.2. The molecule has 2 aromatic carbocycles. The summed E-state index contributed by atoms with van der Waals surface area (Å²) in [5.74, 6) is 1.80. The maximum Gasteiger partial charge on any atom is 0.120 e. The van der Waals surface area contributed by atoms with Gasteiger partial charge in [0.1, 0.15) is 23.9 Å². The minimum Gasteiger partial charge on any atom is -0.508 e. The molecule has 88 valence electrons. The molecule has 0 radical (unpaired) electrons. The summed E-state index contributed by atoms with van der Waals surface area (Å²) in [6.07, 6.45) is 0. The third-order valence-corrected chi connectivity index (χ3v) is 2.40. The zero-order chi connectivity index (χ0) is 12.1. The summed E-state index contributed by atoms with van der Waals surface area (Å²) in [6.45, 7) is 0.495. The molecule has 0 saturated carbocycles. The Hall–Kier alpha value is -2.16. The Morgan fingerprint density at radius 2 is 1.47 bits per heavy atom. The van der Waals surface area contributed by atoms with Crippen molar-refractivity contribution in [2.75, 3.05) is 7.11 Å². The van der Waals surface area contributed by atoms with Crippen molar-refractivity contribution in [2.45, 2.75) is 6.61 Å². The van der Waals surface area contributed by atoms with Gasteiger partial charge in [0.15, 0.2) is 0 Å². The third-order valence-electron chi connectivity index (χ3n) is 2.40. The van der Waals surface area contributed by atoms with Crippen LogP contribution < -0.4 is 9.47 Å². The van der Waals surface area contributed by atoms with Crippen LogP contribution in [0.15, 0.2) is 48.5 Å². The fourth-order valence-corrected chi connectivity index (χ4v) is 1.43. The number of hydrogen-bond acceptors (Lipinski definition) is 3. The molecule has 0 aliphatic heterocycles. The molecule has 3 heteroatoms. The highest BCUT2D eigenvalue weighted by atomic mass is 16.5. The van der Waals surface area contributed by atoms with Crippen LogP contribution in [0.1, 0.15) is 5.56 Å². The molecule has 0 amide bonds. The lowest BCUT2D eigenvalue weighted by Gasteiger charge is -2.07. The summed E-state index contributed by atoms with van der Waals surface area (Å²) in [7, 11) is 1.64. The molecule has 0 heterocycles. The lowest BCUT2D eigenvalue weighted by Crippen LogP contribution is -1.95. The van der Waals surface area contributed by atoms with Gasteiger partial charge < -0.3 is 14.6 Å². The van der Waals surface area contributed by atoms with Crippen molar-refractivity contribution in [3.8, 4) is 17.2 Å². The molecule has 0 atom stereocenters. The van der Waals surface area contributed by atoms with Crippen molar-refractivity contribution in [3.63, 3.8) is 0 Å². The molecule has 3 nitrogen and oxygen atoms in total. The lowest BCUT2D eigenvalue weighted by molar-refractivity contribution is 0.305. The van der Waals surface area contributed by atoms with Crippen LogP contribution in [0.2, 0.25) is 0 Å². The van der Waals surface area contributed by atoms with Crippen LogP contribution in [0, 0.1) is 0 Å². The van der Waals surface area contributed by atoms with Crippen molar-refractivity contribution in [3.05, 3.63) is 54.1 Å². The van der Waals surface area contributed by atoms with Crippen LogP contribution >= 0.6 is 0 Å². The standard InChI is InChI=1S/C14H14O3/c1-16-13-6-2-11(3-7-13)10-17-14-8-4-12(15)5-9-14/h2-9,15H,10H2,1H3. The van der Waals surface area contributed by atoms with Gasteiger partial charge in [-0.3, -0.25) is 0 Å². The zero-order valence-corrected chi connectivity index (χ0v) is 9.59. The van der Waals surface area contributed by atoms with Crippen molar-refractivity contribution in [1.29, 1.82) is 0 Å². The molecule has 0 saturated heterocycles. The van der Waals surface area contributed by atoms with E-state index in [0.29, 0.717) is 6.61 Å². The molecule has 0 aliphatic rings. The van der Waals surface area contributed by atoms with Gasteiger partial charge in [-0.25, -0.2) is 0 Å². The van der Waals surface area contributed by atoms with E-state index in [1.54, 1.807) is 31.4 Å². The van der Waals surface area contributed by atoms with E-state index in [4.69, 9.17) is 14.6 Å². The predicted octanol–water partition coefficient (Wildman–Crippen LogP) is 2.98. The molecule has 0 fully saturated rings. The minimum atomic E-state index is 0.238. The molecule has 0 unspecified atom stereocenters. The first-order chi connectivity index (χ1) is 8.28. The Morgan fingerprint density at radius 3 is 2.06 bits per heavy atom. The normalized spacial score (nSPS) is 9.94. The summed E-state index contributed by atoms with van der Waals surface area (Å²) in [4.78, 5) is 0. The third kappa shape index (κ3) is 3.14. The number of phenols is 1. The summed E-state index contributed by atoms with van der Waals surface area (Å²) >= 11 is 0. The topological polar surface area (TPSA) is 38.7 Å². The average Bonchev–Trinajstić information content (AvgIpc) is 2.39. The van der Waals surface area contributed by atoms with E-state index in [-0.39, 0.29) is 5.75 Å². The van der Waals surface area contributed by atoms with E-state index in [2.05, 4.69) is 0 Å². The second kappa shape index (κ2) is 5.25. The molecule has 17 heavy (non-hydrogen) atoms. The second-order valence-corrected chi connectivity index (χ2v) is 3.63. The van der Waals surface area contributed by atoms with Crippen LogP contribution in [-0.4, -0.2) is 12.2 Å². The van der Waals surface area contributed by atoms with Gasteiger partial charge in [0.25, 0.3) is 0 Å².